The van der Waals surface area contributed by atoms with Gasteiger partial charge in [-0.25, -0.2) is 8.78 Å². The molecule has 1 N–H and O–H groups in total. The number of piperazine rings is 1. The summed E-state index contributed by atoms with van der Waals surface area (Å²) in [5.41, 5.74) is 0.701. The van der Waals surface area contributed by atoms with Gasteiger partial charge in [-0.15, -0.1) is 12.4 Å². The minimum atomic E-state index is -2.40. The summed E-state index contributed by atoms with van der Waals surface area (Å²) in [5, 5.41) is 3.24. The number of nitrogens with one attached hydrogen (secondary N) is 1. The van der Waals surface area contributed by atoms with Crippen LogP contribution in [0.5, 0.6) is 17.2 Å². The molecule has 5 nitrogen and oxygen atoms in total. The van der Waals surface area contributed by atoms with Crippen LogP contribution in [0, 0.1) is 0 Å². The first-order chi connectivity index (χ1) is 11.1. The molecule has 2 rings (SSSR count). The fourth-order valence-corrected chi connectivity index (χ4v) is 2.95. The summed E-state index contributed by atoms with van der Waals surface area (Å²) >= 11 is 0. The molecule has 0 bridgehead atoms. The van der Waals surface area contributed by atoms with Crippen LogP contribution in [0.1, 0.15) is 18.0 Å². The number of hydrogen-bond acceptors (Lipinski definition) is 5. The average molecular weight is 367 g/mol. The molecule has 1 aromatic carbocycles. The molecule has 1 aromatic rings. The van der Waals surface area contributed by atoms with Crippen molar-refractivity contribution in [1.29, 1.82) is 0 Å². The highest BCUT2D eigenvalue weighted by molar-refractivity contribution is 5.85. The summed E-state index contributed by atoms with van der Waals surface area (Å²) in [6, 6.07) is 3.01. The van der Waals surface area contributed by atoms with Crippen molar-refractivity contribution in [2.24, 2.45) is 0 Å². The van der Waals surface area contributed by atoms with Gasteiger partial charge in [0.05, 0.1) is 21.3 Å². The van der Waals surface area contributed by atoms with Gasteiger partial charge in [0.25, 0.3) is 0 Å². The first-order valence-electron chi connectivity index (χ1n) is 7.63. The van der Waals surface area contributed by atoms with Gasteiger partial charge in [-0.2, -0.15) is 0 Å². The van der Waals surface area contributed by atoms with E-state index in [1.807, 2.05) is 0 Å². The maximum absolute atomic E-state index is 13.2. The van der Waals surface area contributed by atoms with Crippen LogP contribution in [0.4, 0.5) is 8.78 Å². The Morgan fingerprint density at radius 1 is 1.00 bits per heavy atom. The van der Waals surface area contributed by atoms with Gasteiger partial charge in [0.2, 0.25) is 6.43 Å². The Balaban J connectivity index is 0.00000288. The Kier molecular flexibility index (Phi) is 8.52. The molecule has 138 valence electrons. The molecule has 1 heterocycles. The summed E-state index contributed by atoms with van der Waals surface area (Å²) in [5.74, 6) is 1.56. The third-order valence-corrected chi connectivity index (χ3v) is 4.09. The van der Waals surface area contributed by atoms with E-state index in [-0.39, 0.29) is 18.8 Å². The Hall–Kier alpha value is -1.31. The minimum Gasteiger partial charge on any atom is -0.496 e. The molecule has 1 aliphatic rings. The number of methoxy groups -OCH3 is 3. The lowest BCUT2D eigenvalue weighted by Crippen LogP contribution is -2.45. The largest absolute Gasteiger partial charge is 0.496 e. The summed E-state index contributed by atoms with van der Waals surface area (Å²) in [6.45, 7) is 3.01. The Labute approximate surface area is 147 Å². The van der Waals surface area contributed by atoms with Crippen LogP contribution in [0.3, 0.4) is 0 Å². The molecule has 1 saturated heterocycles. The second kappa shape index (κ2) is 9.86. The monoisotopic (exact) mass is 366 g/mol. The molecule has 1 aliphatic heterocycles. The van der Waals surface area contributed by atoms with E-state index in [9.17, 15) is 8.78 Å². The first-order valence-corrected chi connectivity index (χ1v) is 7.63. The molecule has 0 aliphatic carbocycles. The quantitative estimate of drug-likeness (QED) is 0.803. The van der Waals surface area contributed by atoms with Crippen LogP contribution in [-0.4, -0.2) is 58.8 Å². The van der Waals surface area contributed by atoms with E-state index in [0.717, 1.165) is 26.2 Å². The molecule has 0 aromatic heterocycles. The van der Waals surface area contributed by atoms with E-state index in [2.05, 4.69) is 10.2 Å². The predicted molar refractivity (Wildman–Crippen MR) is 91.2 cm³/mol. The van der Waals surface area contributed by atoms with Gasteiger partial charge in [-0.05, 0) is 6.07 Å². The number of hydrogen-bond donors (Lipinski definition) is 1. The van der Waals surface area contributed by atoms with Gasteiger partial charge in [0.15, 0.2) is 11.5 Å². The molecule has 1 fully saturated rings. The molecular weight excluding hydrogens is 342 g/mol. The van der Waals surface area contributed by atoms with E-state index in [0.29, 0.717) is 22.8 Å². The van der Waals surface area contributed by atoms with Crippen molar-refractivity contribution < 1.29 is 23.0 Å². The van der Waals surface area contributed by atoms with E-state index in [1.54, 1.807) is 12.1 Å². The normalized spacial score (nSPS) is 16.4. The molecule has 24 heavy (non-hydrogen) atoms. The minimum absolute atomic E-state index is 0. The topological polar surface area (TPSA) is 43.0 Å². The molecule has 0 saturated carbocycles. The lowest BCUT2D eigenvalue weighted by Gasteiger charge is -2.36. The van der Waals surface area contributed by atoms with Crippen LogP contribution in [0.2, 0.25) is 0 Å². The molecule has 8 heteroatoms. The van der Waals surface area contributed by atoms with Crippen LogP contribution >= 0.6 is 12.4 Å². The smallest absolute Gasteiger partial charge is 0.240 e. The van der Waals surface area contributed by atoms with Gasteiger partial charge >= 0.3 is 0 Å². The van der Waals surface area contributed by atoms with Crippen molar-refractivity contribution in [3.8, 4) is 17.2 Å². The van der Waals surface area contributed by atoms with Gasteiger partial charge in [0.1, 0.15) is 5.75 Å². The zero-order valence-electron chi connectivity index (χ0n) is 14.2. The van der Waals surface area contributed by atoms with E-state index in [4.69, 9.17) is 14.2 Å². The standard InChI is InChI=1S/C16H24F2N2O3.ClH/c1-21-13-10-15(23-3)14(22-2)8-11(13)12(9-16(17)18)20-6-4-19-5-7-20;/h8,10,12,16,19H,4-7,9H2,1-3H3;1H/t12-;/m0./s1. The van der Waals surface area contributed by atoms with Gasteiger partial charge < -0.3 is 19.5 Å². The highest BCUT2D eigenvalue weighted by Gasteiger charge is 2.29. The van der Waals surface area contributed by atoms with Crippen molar-refractivity contribution in [1.82, 2.24) is 10.2 Å². The number of alkyl halides is 2. The second-order valence-electron chi connectivity index (χ2n) is 5.38. The Bertz CT molecular complexity index is 514. The van der Waals surface area contributed by atoms with Gasteiger partial charge in [0, 0.05) is 50.3 Å². The molecule has 0 radical (unpaired) electrons. The third-order valence-electron chi connectivity index (χ3n) is 4.09. The van der Waals surface area contributed by atoms with Crippen LogP contribution < -0.4 is 19.5 Å². The lowest BCUT2D eigenvalue weighted by molar-refractivity contribution is 0.0728. The van der Waals surface area contributed by atoms with Crippen molar-refractivity contribution in [3.63, 3.8) is 0 Å². The number of nitrogens with zero attached hydrogens (tertiary/aromatic N) is 1. The second-order valence-corrected chi connectivity index (χ2v) is 5.38. The van der Waals surface area contributed by atoms with Crippen LogP contribution in [0.15, 0.2) is 12.1 Å². The maximum Gasteiger partial charge on any atom is 0.240 e. The SMILES string of the molecule is COc1cc(OC)c([C@H](CC(F)F)N2CCNCC2)cc1OC.Cl. The highest BCUT2D eigenvalue weighted by Crippen LogP contribution is 2.41. The maximum atomic E-state index is 13.2. The van der Waals surface area contributed by atoms with Gasteiger partial charge in [-0.1, -0.05) is 0 Å². The molecule has 0 amide bonds. The van der Waals surface area contributed by atoms with E-state index in [1.165, 1.54) is 21.3 Å². The number of halogens is 3. The molecule has 1 atom stereocenters. The molecular formula is C16H25ClF2N2O3. The van der Waals surface area contributed by atoms with Crippen LogP contribution in [0.25, 0.3) is 0 Å². The number of ether oxygens (including phenoxy) is 3. The van der Waals surface area contributed by atoms with Crippen molar-refractivity contribution >= 4 is 12.4 Å². The summed E-state index contributed by atoms with van der Waals surface area (Å²) in [7, 11) is 4.59. The highest BCUT2D eigenvalue weighted by atomic mass is 35.5. The zero-order valence-corrected chi connectivity index (χ0v) is 15.0. The van der Waals surface area contributed by atoms with Crippen molar-refractivity contribution in [3.05, 3.63) is 17.7 Å². The summed E-state index contributed by atoms with van der Waals surface area (Å²) < 4.78 is 42.3. The first kappa shape index (κ1) is 20.7. The lowest BCUT2D eigenvalue weighted by atomic mass is 9.99. The predicted octanol–water partition coefficient (Wildman–Crippen LogP) is 2.74. The fourth-order valence-electron chi connectivity index (χ4n) is 2.95. The summed E-state index contributed by atoms with van der Waals surface area (Å²) in [6.07, 6.45) is -2.64. The number of rotatable bonds is 7. The Morgan fingerprint density at radius 3 is 2.04 bits per heavy atom. The molecule has 0 spiro atoms. The van der Waals surface area contributed by atoms with E-state index >= 15 is 0 Å². The van der Waals surface area contributed by atoms with Crippen molar-refractivity contribution in [2.45, 2.75) is 18.9 Å². The van der Waals surface area contributed by atoms with E-state index < -0.39 is 12.5 Å². The third kappa shape index (κ3) is 4.84. The number of benzene rings is 1. The molecule has 0 unspecified atom stereocenters. The van der Waals surface area contributed by atoms with Crippen molar-refractivity contribution in [2.75, 3.05) is 47.5 Å². The fraction of sp³-hybridized carbons (Fsp3) is 0.625. The van der Waals surface area contributed by atoms with Crippen LogP contribution in [-0.2, 0) is 0 Å². The summed E-state index contributed by atoms with van der Waals surface area (Å²) in [4.78, 5) is 2.06. The average Bonchev–Trinajstić information content (AvgIpc) is 2.59. The zero-order chi connectivity index (χ0) is 16.8. The Morgan fingerprint density at radius 2 is 1.54 bits per heavy atom. The van der Waals surface area contributed by atoms with Gasteiger partial charge in [-0.3, -0.25) is 4.90 Å².